The number of alkyl halides is 2. The molecule has 0 aliphatic rings. The lowest BCUT2D eigenvalue weighted by molar-refractivity contribution is 0.145. The van der Waals surface area contributed by atoms with Crippen molar-refractivity contribution in [1.29, 1.82) is 5.26 Å². The van der Waals surface area contributed by atoms with Crippen molar-refractivity contribution >= 4 is 5.69 Å². The maximum atomic E-state index is 12.7. The van der Waals surface area contributed by atoms with Gasteiger partial charge in [0.25, 0.3) is 6.43 Å². The molecule has 0 saturated heterocycles. The number of nitrogens with zero attached hydrogens (tertiary/aromatic N) is 2. The van der Waals surface area contributed by atoms with Crippen LogP contribution in [0.15, 0.2) is 6.20 Å². The van der Waals surface area contributed by atoms with Crippen LogP contribution in [-0.2, 0) is 0 Å². The molecule has 3 nitrogen and oxygen atoms in total. The van der Waals surface area contributed by atoms with Crippen molar-refractivity contribution in [1.82, 2.24) is 4.98 Å². The van der Waals surface area contributed by atoms with Crippen molar-refractivity contribution in [2.75, 3.05) is 5.73 Å². The van der Waals surface area contributed by atoms with Gasteiger partial charge >= 0.3 is 0 Å². The number of hydrogen-bond acceptors (Lipinski definition) is 3. The van der Waals surface area contributed by atoms with E-state index in [-0.39, 0.29) is 5.69 Å². The number of nitriles is 1. The molecule has 0 fully saturated rings. The van der Waals surface area contributed by atoms with Crippen molar-refractivity contribution in [3.8, 4) is 6.07 Å². The number of anilines is 1. The molecule has 1 rings (SSSR count). The Morgan fingerprint density at radius 3 is 2.54 bits per heavy atom. The molecule has 0 radical (unpaired) electrons. The number of halogens is 3. The van der Waals surface area contributed by atoms with Crippen molar-refractivity contribution in [3.63, 3.8) is 0 Å². The van der Waals surface area contributed by atoms with E-state index in [9.17, 15) is 13.2 Å². The largest absolute Gasteiger partial charge is 0.396 e. The first-order chi connectivity index (χ1) is 6.07. The smallest absolute Gasteiger partial charge is 0.269 e. The highest BCUT2D eigenvalue weighted by molar-refractivity contribution is 5.56. The summed E-state index contributed by atoms with van der Waals surface area (Å²) >= 11 is 0. The van der Waals surface area contributed by atoms with Crippen molar-refractivity contribution in [2.24, 2.45) is 0 Å². The predicted octanol–water partition coefficient (Wildman–Crippen LogP) is 1.61. The van der Waals surface area contributed by atoms with Gasteiger partial charge in [-0.3, -0.25) is 0 Å². The summed E-state index contributed by atoms with van der Waals surface area (Å²) in [6, 6.07) is 1.40. The quantitative estimate of drug-likeness (QED) is 0.679. The minimum atomic E-state index is -3.09. The third kappa shape index (κ3) is 1.54. The molecule has 0 bridgehead atoms. The van der Waals surface area contributed by atoms with E-state index in [1.165, 1.54) is 6.07 Å². The first kappa shape index (κ1) is 9.32. The molecule has 1 aromatic rings. The topological polar surface area (TPSA) is 62.7 Å². The first-order valence-electron chi connectivity index (χ1n) is 3.20. The summed E-state index contributed by atoms with van der Waals surface area (Å²) in [6.45, 7) is 0. The summed E-state index contributed by atoms with van der Waals surface area (Å²) in [5, 5.41) is 8.41. The van der Waals surface area contributed by atoms with E-state index in [1.807, 2.05) is 0 Å². The lowest BCUT2D eigenvalue weighted by Crippen LogP contribution is -2.03. The lowest BCUT2D eigenvalue weighted by atomic mass is 10.1. The molecule has 0 aromatic carbocycles. The van der Waals surface area contributed by atoms with Gasteiger partial charge < -0.3 is 5.73 Å². The molecule has 2 N–H and O–H groups in total. The Hall–Kier alpha value is -1.77. The van der Waals surface area contributed by atoms with Crippen LogP contribution in [-0.4, -0.2) is 4.98 Å². The molecular formula is C7H4F3N3. The van der Waals surface area contributed by atoms with Gasteiger partial charge in [0, 0.05) is 0 Å². The standard InChI is InChI=1S/C7H4F3N3/c8-6(9)5-3(1-11)4(12)2-13-7(5)10/h2,6H,12H2. The number of rotatable bonds is 1. The van der Waals surface area contributed by atoms with Gasteiger partial charge in [-0.25, -0.2) is 13.8 Å². The molecule has 1 heterocycles. The highest BCUT2D eigenvalue weighted by Gasteiger charge is 2.21. The second-order valence-electron chi connectivity index (χ2n) is 2.21. The van der Waals surface area contributed by atoms with E-state index in [4.69, 9.17) is 11.0 Å². The fourth-order valence-corrected chi connectivity index (χ4v) is 0.843. The molecule has 0 aliphatic heterocycles. The van der Waals surface area contributed by atoms with Crippen molar-refractivity contribution < 1.29 is 13.2 Å². The van der Waals surface area contributed by atoms with Crippen LogP contribution in [0.25, 0.3) is 0 Å². The number of nitrogens with two attached hydrogens (primary N) is 1. The van der Waals surface area contributed by atoms with E-state index in [2.05, 4.69) is 4.98 Å². The molecular weight excluding hydrogens is 183 g/mol. The molecule has 0 spiro atoms. The molecule has 0 saturated carbocycles. The van der Waals surface area contributed by atoms with Gasteiger partial charge in [0.05, 0.1) is 23.0 Å². The fraction of sp³-hybridized carbons (Fsp3) is 0.143. The molecule has 0 aliphatic carbocycles. The van der Waals surface area contributed by atoms with Gasteiger partial charge in [0.15, 0.2) is 0 Å². The van der Waals surface area contributed by atoms with Crippen LogP contribution in [0.5, 0.6) is 0 Å². The molecule has 0 unspecified atom stereocenters. The van der Waals surface area contributed by atoms with E-state index in [0.29, 0.717) is 0 Å². The Morgan fingerprint density at radius 2 is 2.15 bits per heavy atom. The molecule has 1 aromatic heterocycles. The predicted molar refractivity (Wildman–Crippen MR) is 38.3 cm³/mol. The molecule has 68 valence electrons. The summed E-state index contributed by atoms with van der Waals surface area (Å²) in [4.78, 5) is 2.99. The summed E-state index contributed by atoms with van der Waals surface area (Å²) in [5.74, 6) is -1.36. The normalized spacial score (nSPS) is 10.1. The minimum absolute atomic E-state index is 0.251. The van der Waals surface area contributed by atoms with Crippen LogP contribution in [0.4, 0.5) is 18.9 Å². The van der Waals surface area contributed by atoms with Gasteiger partial charge in [0.1, 0.15) is 6.07 Å². The Labute approximate surface area is 71.6 Å². The maximum Gasteiger partial charge on any atom is 0.269 e. The van der Waals surface area contributed by atoms with Gasteiger partial charge in [-0.05, 0) is 0 Å². The van der Waals surface area contributed by atoms with Crippen molar-refractivity contribution in [2.45, 2.75) is 6.43 Å². The van der Waals surface area contributed by atoms with Gasteiger partial charge in [-0.1, -0.05) is 0 Å². The van der Waals surface area contributed by atoms with Gasteiger partial charge in [0.2, 0.25) is 5.95 Å². The van der Waals surface area contributed by atoms with E-state index in [0.717, 1.165) is 6.20 Å². The van der Waals surface area contributed by atoms with Crippen LogP contribution < -0.4 is 5.73 Å². The highest BCUT2D eigenvalue weighted by atomic mass is 19.3. The molecule has 0 amide bonds. The summed E-state index contributed by atoms with van der Waals surface area (Å²) in [6.07, 6.45) is -2.26. The Balaban J connectivity index is 3.46. The molecule has 13 heavy (non-hydrogen) atoms. The van der Waals surface area contributed by atoms with Crippen LogP contribution in [0.3, 0.4) is 0 Å². The Morgan fingerprint density at radius 1 is 1.54 bits per heavy atom. The highest BCUT2D eigenvalue weighted by Crippen LogP contribution is 2.27. The van der Waals surface area contributed by atoms with Crippen LogP contribution in [0.2, 0.25) is 0 Å². The van der Waals surface area contributed by atoms with Crippen molar-refractivity contribution in [3.05, 3.63) is 23.3 Å². The monoisotopic (exact) mass is 187 g/mol. The summed E-state index contributed by atoms with van der Waals surface area (Å²) in [5.41, 5.74) is 3.31. The third-order valence-electron chi connectivity index (χ3n) is 1.43. The van der Waals surface area contributed by atoms with E-state index < -0.39 is 23.5 Å². The molecule has 6 heteroatoms. The lowest BCUT2D eigenvalue weighted by Gasteiger charge is -2.04. The summed E-state index contributed by atoms with van der Waals surface area (Å²) in [7, 11) is 0. The number of nitrogen functional groups attached to an aromatic ring is 1. The summed E-state index contributed by atoms with van der Waals surface area (Å²) < 4.78 is 37.0. The zero-order chi connectivity index (χ0) is 10.0. The number of hydrogen-bond donors (Lipinski definition) is 1. The van der Waals surface area contributed by atoms with Gasteiger partial charge in [-0.15, -0.1) is 0 Å². The number of aromatic nitrogens is 1. The second-order valence-corrected chi connectivity index (χ2v) is 2.21. The average Bonchev–Trinajstić information content (AvgIpc) is 2.07. The van der Waals surface area contributed by atoms with Crippen LogP contribution >= 0.6 is 0 Å². The maximum absolute atomic E-state index is 12.7. The fourth-order valence-electron chi connectivity index (χ4n) is 0.843. The van der Waals surface area contributed by atoms with E-state index in [1.54, 1.807) is 0 Å². The molecule has 0 atom stereocenters. The minimum Gasteiger partial charge on any atom is -0.396 e. The van der Waals surface area contributed by atoms with Gasteiger partial charge in [-0.2, -0.15) is 9.65 Å². The second kappa shape index (κ2) is 3.31. The zero-order valence-electron chi connectivity index (χ0n) is 6.26. The SMILES string of the molecule is N#Cc1c(N)cnc(F)c1C(F)F. The first-order valence-corrected chi connectivity index (χ1v) is 3.20. The Bertz CT molecular complexity index is 370. The number of pyridine rings is 1. The van der Waals surface area contributed by atoms with Crippen LogP contribution in [0, 0.1) is 17.3 Å². The zero-order valence-corrected chi connectivity index (χ0v) is 6.26. The average molecular weight is 187 g/mol. The third-order valence-corrected chi connectivity index (χ3v) is 1.43. The Kier molecular flexibility index (Phi) is 2.37. The van der Waals surface area contributed by atoms with E-state index >= 15 is 0 Å². The van der Waals surface area contributed by atoms with Crippen LogP contribution in [0.1, 0.15) is 17.6 Å².